The van der Waals surface area contributed by atoms with Crippen molar-refractivity contribution in [1.29, 1.82) is 0 Å². The van der Waals surface area contributed by atoms with Gasteiger partial charge in [0, 0.05) is 32.1 Å². The first-order valence-corrected chi connectivity index (χ1v) is 14.8. The molecule has 0 spiro atoms. The molecule has 0 N–H and O–H groups in total. The number of nitrogens with zero attached hydrogens (tertiary/aromatic N) is 1. The molecule has 1 atom stereocenters. The van der Waals surface area contributed by atoms with Crippen LogP contribution in [0.4, 0.5) is 0 Å². The van der Waals surface area contributed by atoms with Gasteiger partial charge >= 0.3 is 0 Å². The molecule has 0 amide bonds. The Labute approximate surface area is 240 Å². The largest absolute Gasteiger partial charge is 0.251 e. The van der Waals surface area contributed by atoms with Gasteiger partial charge in [0.15, 0.2) is 0 Å². The van der Waals surface area contributed by atoms with E-state index in [0.717, 1.165) is 22.8 Å². The summed E-state index contributed by atoms with van der Waals surface area (Å²) < 4.78 is 1.10. The molecule has 0 radical (unpaired) electrons. The number of allylic oxidation sites excluding steroid dienone is 2. The van der Waals surface area contributed by atoms with Crippen LogP contribution in [0.25, 0.3) is 67.4 Å². The Morgan fingerprint density at radius 3 is 2.27 bits per heavy atom. The minimum Gasteiger partial charge on any atom is -0.251 e. The Morgan fingerprint density at radius 2 is 1.45 bits per heavy atom. The van der Waals surface area contributed by atoms with Crippen LogP contribution in [0.5, 0.6) is 0 Å². The maximum absolute atomic E-state index is 5.48. The molecule has 5 aromatic carbocycles. The molecule has 1 heterocycles. The zero-order valence-electron chi connectivity index (χ0n) is 21.8. The van der Waals surface area contributed by atoms with Crippen LogP contribution in [0.15, 0.2) is 102 Å². The lowest BCUT2D eigenvalue weighted by molar-refractivity contribution is 0.967. The van der Waals surface area contributed by atoms with Crippen LogP contribution < -0.4 is 10.4 Å². The third-order valence-electron chi connectivity index (χ3n) is 9.02. The van der Waals surface area contributed by atoms with E-state index in [1.54, 1.807) is 0 Å². The fraction of sp³-hybridized carbons (Fsp3) is 0.0789. The minimum atomic E-state index is 0.203. The van der Waals surface area contributed by atoms with Crippen molar-refractivity contribution >= 4 is 72.2 Å². The fourth-order valence-electron chi connectivity index (χ4n) is 7.11. The summed E-state index contributed by atoms with van der Waals surface area (Å²) in [5, 5.41) is 9.29. The quantitative estimate of drug-likeness (QED) is 0.189. The zero-order chi connectivity index (χ0) is 26.4. The Hall–Kier alpha value is -4.27. The smallest absolute Gasteiger partial charge is 0.0793 e. The molecule has 1 nitrogen and oxygen atoms in total. The number of aryl methyl sites for hydroxylation is 1. The normalized spacial score (nSPS) is 16.6. The number of benzene rings is 5. The Morgan fingerprint density at radius 1 is 0.675 bits per heavy atom. The molecule has 9 rings (SSSR count). The summed E-state index contributed by atoms with van der Waals surface area (Å²) in [7, 11) is 0. The van der Waals surface area contributed by atoms with Crippen LogP contribution in [0.1, 0.15) is 34.7 Å². The molecule has 0 saturated heterocycles. The molecule has 1 aromatic heterocycles. The molecule has 3 aliphatic rings. The second-order valence-corrected chi connectivity index (χ2v) is 12.1. The van der Waals surface area contributed by atoms with Crippen molar-refractivity contribution in [3.63, 3.8) is 0 Å². The van der Waals surface area contributed by atoms with Crippen molar-refractivity contribution in [2.45, 2.75) is 18.8 Å². The van der Waals surface area contributed by atoms with Crippen molar-refractivity contribution in [2.24, 2.45) is 0 Å². The fourth-order valence-corrected chi connectivity index (χ4v) is 7.37. The van der Waals surface area contributed by atoms with Gasteiger partial charge in [-0.2, -0.15) is 0 Å². The highest BCUT2D eigenvalue weighted by Crippen LogP contribution is 2.37. The lowest BCUT2D eigenvalue weighted by Gasteiger charge is -2.21. The molecule has 40 heavy (non-hydrogen) atoms. The molecular formula is C38H24BrN. The first-order valence-electron chi connectivity index (χ1n) is 14.0. The van der Waals surface area contributed by atoms with Gasteiger partial charge in [0.1, 0.15) is 0 Å². The van der Waals surface area contributed by atoms with Crippen LogP contribution in [0, 0.1) is 0 Å². The number of fused-ring (bicyclic) bond motifs is 7. The number of hydrogen-bond acceptors (Lipinski definition) is 1. The summed E-state index contributed by atoms with van der Waals surface area (Å²) in [6.07, 6.45) is 13.8. The SMILES string of the molecule is Brc1ccc(-c2ccc(C3C=Cc4c(c5nc6c7c8c(ccc7c5c5ccccc45)C=CC=8CC6)=C3)cc2)cc1. The van der Waals surface area contributed by atoms with E-state index in [-0.39, 0.29) is 5.92 Å². The molecular weight excluding hydrogens is 550 g/mol. The lowest BCUT2D eigenvalue weighted by atomic mass is 9.85. The highest BCUT2D eigenvalue weighted by Gasteiger charge is 2.23. The highest BCUT2D eigenvalue weighted by molar-refractivity contribution is 9.10. The van der Waals surface area contributed by atoms with Gasteiger partial charge < -0.3 is 0 Å². The Bertz CT molecular complexity index is 2250. The van der Waals surface area contributed by atoms with E-state index in [1.165, 1.54) is 76.5 Å². The Kier molecular flexibility index (Phi) is 4.71. The van der Waals surface area contributed by atoms with Gasteiger partial charge in [-0.1, -0.05) is 119 Å². The molecule has 3 aliphatic carbocycles. The average Bonchev–Trinajstić information content (AvgIpc) is 3.44. The zero-order valence-corrected chi connectivity index (χ0v) is 23.4. The third-order valence-corrected chi connectivity index (χ3v) is 9.55. The topological polar surface area (TPSA) is 12.9 Å². The van der Waals surface area contributed by atoms with E-state index in [4.69, 9.17) is 4.98 Å². The molecule has 0 aliphatic heterocycles. The van der Waals surface area contributed by atoms with Crippen LogP contribution >= 0.6 is 15.9 Å². The second kappa shape index (κ2) is 8.36. The van der Waals surface area contributed by atoms with Gasteiger partial charge in [-0.3, -0.25) is 4.98 Å². The highest BCUT2D eigenvalue weighted by atomic mass is 79.9. The van der Waals surface area contributed by atoms with Gasteiger partial charge in [-0.05, 0) is 79.7 Å². The molecule has 0 saturated carbocycles. The second-order valence-electron chi connectivity index (χ2n) is 11.1. The van der Waals surface area contributed by atoms with Crippen molar-refractivity contribution < 1.29 is 0 Å². The number of hydrogen-bond donors (Lipinski definition) is 0. The van der Waals surface area contributed by atoms with Crippen molar-refractivity contribution in [3.8, 4) is 11.1 Å². The van der Waals surface area contributed by atoms with Gasteiger partial charge in [0.25, 0.3) is 0 Å². The van der Waals surface area contributed by atoms with E-state index in [2.05, 4.69) is 131 Å². The lowest BCUT2D eigenvalue weighted by Crippen LogP contribution is -2.20. The monoisotopic (exact) mass is 573 g/mol. The van der Waals surface area contributed by atoms with Gasteiger partial charge in [-0.15, -0.1) is 0 Å². The van der Waals surface area contributed by atoms with E-state index in [1.807, 2.05) is 0 Å². The first-order chi connectivity index (χ1) is 19.7. The van der Waals surface area contributed by atoms with E-state index >= 15 is 0 Å². The number of rotatable bonds is 2. The van der Waals surface area contributed by atoms with Gasteiger partial charge in [-0.25, -0.2) is 0 Å². The summed E-state index contributed by atoms with van der Waals surface area (Å²) >= 11 is 3.54. The first kappa shape index (κ1) is 22.5. The number of aromatic nitrogens is 1. The van der Waals surface area contributed by atoms with Crippen molar-refractivity contribution in [3.05, 3.63) is 134 Å². The summed E-state index contributed by atoms with van der Waals surface area (Å²) in [5.41, 5.74) is 10.3. The third kappa shape index (κ3) is 3.17. The predicted molar refractivity (Wildman–Crippen MR) is 173 cm³/mol. The summed E-state index contributed by atoms with van der Waals surface area (Å²) in [5.74, 6) is 0.203. The van der Waals surface area contributed by atoms with Crippen LogP contribution in [0.3, 0.4) is 0 Å². The van der Waals surface area contributed by atoms with Crippen LogP contribution in [0.2, 0.25) is 0 Å². The van der Waals surface area contributed by atoms with Crippen molar-refractivity contribution in [1.82, 2.24) is 4.98 Å². The maximum Gasteiger partial charge on any atom is 0.0793 e. The minimum absolute atomic E-state index is 0.203. The predicted octanol–water partition coefficient (Wildman–Crippen LogP) is 8.69. The molecule has 188 valence electrons. The molecule has 2 heteroatoms. The van der Waals surface area contributed by atoms with Crippen LogP contribution in [-0.4, -0.2) is 4.98 Å². The van der Waals surface area contributed by atoms with E-state index in [0.29, 0.717) is 0 Å². The molecule has 0 fully saturated rings. The van der Waals surface area contributed by atoms with Gasteiger partial charge in [0.2, 0.25) is 0 Å². The van der Waals surface area contributed by atoms with Crippen molar-refractivity contribution in [2.75, 3.05) is 0 Å². The van der Waals surface area contributed by atoms with E-state index in [9.17, 15) is 0 Å². The molecule has 6 aromatic rings. The van der Waals surface area contributed by atoms with Gasteiger partial charge in [0.05, 0.1) is 5.52 Å². The molecule has 0 bridgehead atoms. The Balaban J connectivity index is 1.29. The summed E-state index contributed by atoms with van der Waals surface area (Å²) in [6.45, 7) is 0. The summed E-state index contributed by atoms with van der Waals surface area (Å²) in [6, 6.07) is 31.1. The number of halogens is 1. The van der Waals surface area contributed by atoms with Crippen LogP contribution in [-0.2, 0) is 6.42 Å². The maximum atomic E-state index is 5.48. The van der Waals surface area contributed by atoms with E-state index < -0.39 is 0 Å². The summed E-state index contributed by atoms with van der Waals surface area (Å²) in [4.78, 5) is 5.48. The molecule has 1 unspecified atom stereocenters. The number of pyridine rings is 1. The standard InChI is InChI=1S/C38H24BrN/c39-28-16-11-23(12-17-28)22-5-7-24(8-6-22)27-14-18-30-29-3-1-2-4-31(29)36-32-19-13-25-9-10-26-15-20-34(37(32)35(25)26)40-38(36)33(30)21-27/h1-14,16-19,21,27H,15,20H2. The average molecular weight is 575 g/mol.